The molecule has 0 aromatic carbocycles. The summed E-state index contributed by atoms with van der Waals surface area (Å²) in [5.41, 5.74) is 0. The molecule has 1 saturated heterocycles. The molecule has 1 heterocycles. The number of amides is 3. The average molecular weight is 198 g/mol. The van der Waals surface area contributed by atoms with E-state index in [-0.39, 0.29) is 18.0 Å². The molecule has 1 fully saturated rings. The van der Waals surface area contributed by atoms with Crippen LogP contribution in [0.3, 0.4) is 0 Å². The van der Waals surface area contributed by atoms with Gasteiger partial charge in [0.1, 0.15) is 0 Å². The highest BCUT2D eigenvalue weighted by atomic mass is 16.2. The number of urea groups is 1. The van der Waals surface area contributed by atoms with Crippen molar-refractivity contribution in [3.63, 3.8) is 0 Å². The van der Waals surface area contributed by atoms with Crippen molar-refractivity contribution in [1.29, 1.82) is 0 Å². The molecule has 0 unspecified atom stereocenters. The lowest BCUT2D eigenvalue weighted by atomic mass is 10.0. The number of hydrogen-bond acceptors (Lipinski definition) is 2. The minimum absolute atomic E-state index is 0.0492. The maximum Gasteiger partial charge on any atom is 0.321 e. The normalized spacial score (nSPS) is 21.6. The Hall–Kier alpha value is -1.06. The van der Waals surface area contributed by atoms with Crippen molar-refractivity contribution in [2.45, 2.75) is 51.5 Å². The second-order valence-electron chi connectivity index (χ2n) is 3.77. The number of imide groups is 1. The van der Waals surface area contributed by atoms with Crippen LogP contribution in [0.25, 0.3) is 0 Å². The summed E-state index contributed by atoms with van der Waals surface area (Å²) < 4.78 is 0. The van der Waals surface area contributed by atoms with Crippen LogP contribution in [0.5, 0.6) is 0 Å². The molecule has 1 atom stereocenters. The number of unbranched alkanes of at least 4 members (excludes halogenated alkanes) is 3. The summed E-state index contributed by atoms with van der Waals surface area (Å²) in [7, 11) is 0. The first-order chi connectivity index (χ1) is 6.72. The summed E-state index contributed by atoms with van der Waals surface area (Å²) in [6.07, 6.45) is 6.05. The van der Waals surface area contributed by atoms with Crippen LogP contribution in [-0.4, -0.2) is 18.0 Å². The van der Waals surface area contributed by atoms with E-state index in [1.165, 1.54) is 19.3 Å². The number of nitrogens with one attached hydrogen (secondary N) is 2. The van der Waals surface area contributed by atoms with E-state index in [2.05, 4.69) is 17.6 Å². The van der Waals surface area contributed by atoms with E-state index < -0.39 is 0 Å². The van der Waals surface area contributed by atoms with Gasteiger partial charge in [0.15, 0.2) is 0 Å². The quantitative estimate of drug-likeness (QED) is 0.658. The molecule has 0 bridgehead atoms. The van der Waals surface area contributed by atoms with Crippen LogP contribution in [-0.2, 0) is 4.79 Å². The third-order valence-corrected chi connectivity index (χ3v) is 2.43. The van der Waals surface area contributed by atoms with E-state index in [1.54, 1.807) is 0 Å². The van der Waals surface area contributed by atoms with E-state index in [0.29, 0.717) is 6.42 Å². The highest BCUT2D eigenvalue weighted by Crippen LogP contribution is 2.09. The molecule has 1 aliphatic heterocycles. The Labute approximate surface area is 84.4 Å². The second kappa shape index (κ2) is 5.62. The molecule has 2 N–H and O–H groups in total. The summed E-state index contributed by atoms with van der Waals surface area (Å²) in [6, 6.07) is -0.296. The molecule has 0 radical (unpaired) electrons. The zero-order chi connectivity index (χ0) is 10.4. The lowest BCUT2D eigenvalue weighted by Crippen LogP contribution is -2.52. The van der Waals surface area contributed by atoms with Crippen LogP contribution in [0.1, 0.15) is 45.4 Å². The van der Waals surface area contributed by atoms with E-state index in [0.717, 1.165) is 12.8 Å². The SMILES string of the molecule is CCCCCC[C@H]1CC(=O)NC(=O)N1. The van der Waals surface area contributed by atoms with Gasteiger partial charge in [-0.25, -0.2) is 4.79 Å². The van der Waals surface area contributed by atoms with Gasteiger partial charge in [0.25, 0.3) is 0 Å². The van der Waals surface area contributed by atoms with Gasteiger partial charge >= 0.3 is 6.03 Å². The van der Waals surface area contributed by atoms with E-state index in [4.69, 9.17) is 0 Å². The van der Waals surface area contributed by atoms with Gasteiger partial charge in [0.05, 0.1) is 0 Å². The van der Waals surface area contributed by atoms with Crippen molar-refractivity contribution in [3.05, 3.63) is 0 Å². The van der Waals surface area contributed by atoms with Gasteiger partial charge in [-0.05, 0) is 6.42 Å². The Morgan fingerprint density at radius 2 is 2.07 bits per heavy atom. The fourth-order valence-corrected chi connectivity index (χ4v) is 1.67. The fraction of sp³-hybridized carbons (Fsp3) is 0.800. The van der Waals surface area contributed by atoms with E-state index >= 15 is 0 Å². The van der Waals surface area contributed by atoms with Crippen LogP contribution >= 0.6 is 0 Å². The van der Waals surface area contributed by atoms with Crippen molar-refractivity contribution in [3.8, 4) is 0 Å². The first-order valence-electron chi connectivity index (χ1n) is 5.32. The third-order valence-electron chi connectivity index (χ3n) is 2.43. The Kier molecular flexibility index (Phi) is 4.43. The molecule has 0 aromatic rings. The Morgan fingerprint density at radius 3 is 2.71 bits per heavy atom. The predicted octanol–water partition coefficient (Wildman–Crippen LogP) is 1.55. The molecule has 3 amide bonds. The van der Waals surface area contributed by atoms with Gasteiger partial charge in [-0.2, -0.15) is 0 Å². The van der Waals surface area contributed by atoms with E-state index in [9.17, 15) is 9.59 Å². The smallest absolute Gasteiger partial charge is 0.321 e. The molecule has 0 aliphatic carbocycles. The van der Waals surface area contributed by atoms with Crippen molar-refractivity contribution >= 4 is 11.9 Å². The number of rotatable bonds is 5. The monoisotopic (exact) mass is 198 g/mol. The van der Waals surface area contributed by atoms with Crippen molar-refractivity contribution in [2.24, 2.45) is 0 Å². The summed E-state index contributed by atoms with van der Waals surface area (Å²) in [4.78, 5) is 21.9. The lowest BCUT2D eigenvalue weighted by molar-refractivity contribution is -0.121. The molecule has 0 aromatic heterocycles. The topological polar surface area (TPSA) is 58.2 Å². The standard InChI is InChI=1S/C10H18N2O2/c1-2-3-4-5-6-8-7-9(13)12-10(14)11-8/h8H,2-7H2,1H3,(H2,11,12,13,14)/t8-/m0/s1. The van der Waals surface area contributed by atoms with Crippen LogP contribution in [0.15, 0.2) is 0 Å². The maximum atomic E-state index is 11.0. The molecular formula is C10H18N2O2. The summed E-state index contributed by atoms with van der Waals surface area (Å²) in [6.45, 7) is 2.16. The van der Waals surface area contributed by atoms with Gasteiger partial charge in [-0.15, -0.1) is 0 Å². The molecule has 1 aliphatic rings. The largest absolute Gasteiger partial charge is 0.335 e. The first kappa shape index (κ1) is 11.0. The molecule has 14 heavy (non-hydrogen) atoms. The molecule has 0 saturated carbocycles. The van der Waals surface area contributed by atoms with Crippen molar-refractivity contribution in [1.82, 2.24) is 10.6 Å². The van der Waals surface area contributed by atoms with Crippen LogP contribution < -0.4 is 10.6 Å². The Bertz CT molecular complexity index is 200. The molecule has 1 rings (SSSR count). The minimum atomic E-state index is -0.346. The van der Waals surface area contributed by atoms with E-state index in [1.807, 2.05) is 0 Å². The minimum Gasteiger partial charge on any atom is -0.335 e. The number of hydrogen-bond donors (Lipinski definition) is 2. The summed E-state index contributed by atoms with van der Waals surface area (Å²) in [5, 5.41) is 4.97. The number of carbonyl (C=O) groups excluding carboxylic acids is 2. The van der Waals surface area contributed by atoms with Gasteiger partial charge < -0.3 is 5.32 Å². The Morgan fingerprint density at radius 1 is 1.29 bits per heavy atom. The van der Waals surface area contributed by atoms with Gasteiger partial charge in [0, 0.05) is 12.5 Å². The van der Waals surface area contributed by atoms with Crippen molar-refractivity contribution < 1.29 is 9.59 Å². The zero-order valence-electron chi connectivity index (χ0n) is 8.64. The first-order valence-corrected chi connectivity index (χ1v) is 5.32. The predicted molar refractivity (Wildman–Crippen MR) is 53.8 cm³/mol. The van der Waals surface area contributed by atoms with Gasteiger partial charge in [-0.1, -0.05) is 32.6 Å². The second-order valence-corrected chi connectivity index (χ2v) is 3.77. The average Bonchev–Trinajstić information content (AvgIpc) is 2.11. The van der Waals surface area contributed by atoms with Gasteiger partial charge in [0.2, 0.25) is 5.91 Å². The third kappa shape index (κ3) is 3.77. The van der Waals surface area contributed by atoms with Crippen LogP contribution in [0, 0.1) is 0 Å². The van der Waals surface area contributed by atoms with Crippen LogP contribution in [0.2, 0.25) is 0 Å². The molecular weight excluding hydrogens is 180 g/mol. The highest BCUT2D eigenvalue weighted by Gasteiger charge is 2.22. The molecule has 4 nitrogen and oxygen atoms in total. The molecule has 4 heteroatoms. The summed E-state index contributed by atoms with van der Waals surface area (Å²) in [5.74, 6) is -0.158. The summed E-state index contributed by atoms with van der Waals surface area (Å²) >= 11 is 0. The van der Waals surface area contributed by atoms with Crippen LogP contribution in [0.4, 0.5) is 4.79 Å². The van der Waals surface area contributed by atoms with Crippen molar-refractivity contribution in [2.75, 3.05) is 0 Å². The zero-order valence-corrected chi connectivity index (χ0v) is 8.64. The Balaban J connectivity index is 2.17. The molecule has 0 spiro atoms. The molecule has 80 valence electrons. The fourth-order valence-electron chi connectivity index (χ4n) is 1.67. The number of carbonyl (C=O) groups is 2. The van der Waals surface area contributed by atoms with Gasteiger partial charge in [-0.3, -0.25) is 10.1 Å². The lowest BCUT2D eigenvalue weighted by Gasteiger charge is -2.22. The highest BCUT2D eigenvalue weighted by molar-refractivity contribution is 5.97. The maximum absolute atomic E-state index is 11.0.